The number of methoxy groups -OCH3 is 2. The van der Waals surface area contributed by atoms with E-state index in [-0.39, 0.29) is 22.6 Å². The Bertz CT molecular complexity index is 1240. The molecular formula is C28H35N5O4S2. The Morgan fingerprint density at radius 3 is 2.26 bits per heavy atom. The average molecular weight is 570 g/mol. The fourth-order valence-corrected chi connectivity index (χ4v) is 6.46. The molecule has 2 aromatic carbocycles. The quantitative estimate of drug-likeness (QED) is 0.174. The van der Waals surface area contributed by atoms with E-state index in [1.54, 1.807) is 37.7 Å². The van der Waals surface area contributed by atoms with Gasteiger partial charge in [0.25, 0.3) is 5.69 Å². The molecule has 2 unspecified atom stereocenters. The zero-order valence-electron chi connectivity index (χ0n) is 22.9. The monoisotopic (exact) mass is 569 g/mol. The van der Waals surface area contributed by atoms with Gasteiger partial charge in [0, 0.05) is 52.7 Å². The summed E-state index contributed by atoms with van der Waals surface area (Å²) in [6, 6.07) is 12.9. The van der Waals surface area contributed by atoms with Crippen LogP contribution < -0.4 is 9.47 Å². The molecule has 2 saturated heterocycles. The van der Waals surface area contributed by atoms with Gasteiger partial charge in [-0.25, -0.2) is 4.98 Å². The summed E-state index contributed by atoms with van der Waals surface area (Å²) in [6.45, 7) is 6.07. The second-order valence-corrected chi connectivity index (χ2v) is 10.9. The zero-order chi connectivity index (χ0) is 27.9. The van der Waals surface area contributed by atoms with Gasteiger partial charge in [-0.15, -0.1) is 11.3 Å². The SMILES string of the molecule is CC.COc1cc(OC)cc(C2C(=NSc3ccc([N+](=O)[O-])cc3)N(C3CCN(C)CC3)C2c2nccs2)c1. The van der Waals surface area contributed by atoms with Gasteiger partial charge in [0.1, 0.15) is 22.3 Å². The van der Waals surface area contributed by atoms with Crippen LogP contribution in [0.15, 0.2) is 63.3 Å². The van der Waals surface area contributed by atoms with E-state index < -0.39 is 0 Å². The van der Waals surface area contributed by atoms with Crippen molar-refractivity contribution in [1.29, 1.82) is 0 Å². The summed E-state index contributed by atoms with van der Waals surface area (Å²) in [5.41, 5.74) is 1.13. The molecule has 3 aromatic rings. The van der Waals surface area contributed by atoms with Gasteiger partial charge in [-0.1, -0.05) is 13.8 Å². The third-order valence-corrected chi connectivity index (χ3v) is 8.58. The highest BCUT2D eigenvalue weighted by atomic mass is 32.2. The van der Waals surface area contributed by atoms with Gasteiger partial charge >= 0.3 is 0 Å². The van der Waals surface area contributed by atoms with Crippen molar-refractivity contribution in [3.8, 4) is 11.5 Å². The van der Waals surface area contributed by atoms with E-state index >= 15 is 0 Å². The number of amidine groups is 1. The van der Waals surface area contributed by atoms with Crippen LogP contribution in [0, 0.1) is 10.1 Å². The minimum Gasteiger partial charge on any atom is -0.497 e. The van der Waals surface area contributed by atoms with Gasteiger partial charge < -0.3 is 19.3 Å². The lowest BCUT2D eigenvalue weighted by Crippen LogP contribution is -2.59. The molecule has 0 bridgehead atoms. The van der Waals surface area contributed by atoms with Gasteiger partial charge in [0.05, 0.1) is 31.1 Å². The van der Waals surface area contributed by atoms with Crippen molar-refractivity contribution in [2.24, 2.45) is 4.40 Å². The summed E-state index contributed by atoms with van der Waals surface area (Å²) in [6.07, 6.45) is 3.96. The maximum Gasteiger partial charge on any atom is 0.269 e. The number of piperidine rings is 1. The highest BCUT2D eigenvalue weighted by Gasteiger charge is 2.51. The highest BCUT2D eigenvalue weighted by Crippen LogP contribution is 2.52. The van der Waals surface area contributed by atoms with Crippen molar-refractivity contribution in [3.63, 3.8) is 0 Å². The first kappa shape index (κ1) is 28.8. The predicted molar refractivity (Wildman–Crippen MR) is 157 cm³/mol. The molecule has 0 amide bonds. The van der Waals surface area contributed by atoms with E-state index in [1.807, 2.05) is 43.6 Å². The van der Waals surface area contributed by atoms with Crippen molar-refractivity contribution in [2.45, 2.75) is 49.6 Å². The first-order chi connectivity index (χ1) is 19.0. The molecule has 2 aliphatic heterocycles. The Balaban J connectivity index is 0.00000172. The van der Waals surface area contributed by atoms with Gasteiger partial charge in [-0.2, -0.15) is 4.40 Å². The summed E-state index contributed by atoms with van der Waals surface area (Å²) >= 11 is 3.01. The molecular weight excluding hydrogens is 534 g/mol. The van der Waals surface area contributed by atoms with Crippen molar-refractivity contribution >= 4 is 34.8 Å². The molecule has 0 spiro atoms. The number of aromatic nitrogens is 1. The molecule has 3 heterocycles. The van der Waals surface area contributed by atoms with Crippen LogP contribution in [0.25, 0.3) is 0 Å². The minimum atomic E-state index is -0.390. The van der Waals surface area contributed by atoms with Gasteiger partial charge in [0.2, 0.25) is 0 Å². The maximum atomic E-state index is 11.1. The van der Waals surface area contributed by atoms with Crippen molar-refractivity contribution in [2.75, 3.05) is 34.4 Å². The van der Waals surface area contributed by atoms with Crippen molar-refractivity contribution < 1.29 is 14.4 Å². The molecule has 0 saturated carbocycles. The second kappa shape index (κ2) is 13.3. The van der Waals surface area contributed by atoms with Crippen LogP contribution in [0.3, 0.4) is 0 Å². The highest BCUT2D eigenvalue weighted by molar-refractivity contribution is 7.98. The summed E-state index contributed by atoms with van der Waals surface area (Å²) in [4.78, 5) is 21.0. The van der Waals surface area contributed by atoms with E-state index in [1.165, 1.54) is 24.1 Å². The van der Waals surface area contributed by atoms with E-state index in [2.05, 4.69) is 16.8 Å². The number of rotatable bonds is 8. The van der Waals surface area contributed by atoms with Crippen LogP contribution in [-0.4, -0.2) is 65.9 Å². The summed E-state index contributed by atoms with van der Waals surface area (Å²) in [7, 11) is 5.47. The molecule has 2 atom stereocenters. The van der Waals surface area contributed by atoms with Crippen LogP contribution in [0.4, 0.5) is 5.69 Å². The first-order valence-corrected chi connectivity index (χ1v) is 14.7. The number of nitrogens with zero attached hydrogens (tertiary/aromatic N) is 5. The van der Waals surface area contributed by atoms with Crippen molar-refractivity contribution in [1.82, 2.24) is 14.8 Å². The molecule has 11 heteroatoms. The minimum absolute atomic E-state index is 0.0274. The van der Waals surface area contributed by atoms with Crippen molar-refractivity contribution in [3.05, 3.63) is 74.7 Å². The number of likely N-dealkylation sites (tertiary alicyclic amines) is 2. The molecule has 39 heavy (non-hydrogen) atoms. The molecule has 9 nitrogen and oxygen atoms in total. The maximum absolute atomic E-state index is 11.1. The smallest absolute Gasteiger partial charge is 0.269 e. The van der Waals surface area contributed by atoms with Crippen LogP contribution >= 0.6 is 23.3 Å². The largest absolute Gasteiger partial charge is 0.497 e. The molecule has 208 valence electrons. The van der Waals surface area contributed by atoms with Crippen LogP contribution in [-0.2, 0) is 0 Å². The number of benzene rings is 2. The molecule has 1 aromatic heterocycles. The Labute approximate surface area is 238 Å². The third kappa shape index (κ3) is 6.37. The molecule has 2 aliphatic rings. The normalized spacial score (nSPS) is 20.6. The van der Waals surface area contributed by atoms with Crippen LogP contribution in [0.5, 0.6) is 11.5 Å². The van der Waals surface area contributed by atoms with E-state index in [0.717, 1.165) is 58.7 Å². The number of nitro benzene ring substituents is 1. The fraction of sp³-hybridized carbons (Fsp3) is 0.429. The molecule has 0 N–H and O–H groups in total. The molecule has 0 radical (unpaired) electrons. The van der Waals surface area contributed by atoms with Crippen LogP contribution in [0.2, 0.25) is 0 Å². The van der Waals surface area contributed by atoms with Gasteiger partial charge in [0.15, 0.2) is 0 Å². The van der Waals surface area contributed by atoms with E-state index in [0.29, 0.717) is 6.04 Å². The number of hydrogen-bond acceptors (Lipinski definition) is 9. The van der Waals surface area contributed by atoms with E-state index in [9.17, 15) is 10.1 Å². The van der Waals surface area contributed by atoms with Crippen LogP contribution in [0.1, 0.15) is 49.2 Å². The third-order valence-electron chi connectivity index (χ3n) is 6.97. The number of hydrogen-bond donors (Lipinski definition) is 0. The number of nitro groups is 1. The average Bonchev–Trinajstić information content (AvgIpc) is 3.49. The summed E-state index contributed by atoms with van der Waals surface area (Å²) < 4.78 is 16.2. The van der Waals surface area contributed by atoms with E-state index in [4.69, 9.17) is 18.9 Å². The second-order valence-electron chi connectivity index (χ2n) is 9.17. The number of non-ortho nitro benzene ring substituents is 1. The summed E-state index contributed by atoms with van der Waals surface area (Å²) in [5.74, 6) is 2.41. The lowest BCUT2D eigenvalue weighted by Gasteiger charge is -2.54. The first-order valence-electron chi connectivity index (χ1n) is 13.1. The Hall–Kier alpha value is -3.15. The topological polar surface area (TPSA) is 93.3 Å². The van der Waals surface area contributed by atoms with Gasteiger partial charge in [-0.3, -0.25) is 10.1 Å². The lowest BCUT2D eigenvalue weighted by molar-refractivity contribution is -0.384. The molecule has 0 aliphatic carbocycles. The molecule has 5 rings (SSSR count). The summed E-state index contributed by atoms with van der Waals surface area (Å²) in [5, 5.41) is 14.1. The Morgan fingerprint density at radius 2 is 1.72 bits per heavy atom. The fourth-order valence-electron chi connectivity index (χ4n) is 5.02. The number of ether oxygens (including phenoxy) is 2. The predicted octanol–water partition coefficient (Wildman–Crippen LogP) is 6.44. The lowest BCUT2D eigenvalue weighted by atomic mass is 9.78. The number of thiazole rings is 1. The Kier molecular flexibility index (Phi) is 9.82. The Morgan fingerprint density at radius 1 is 1.08 bits per heavy atom. The standard InChI is InChI=1S/C26H29N5O4S2.C2H6/c1-29-11-8-18(9-12-29)30-24(26-27-10-13-36-26)23(17-14-20(34-2)16-21(15-17)35-3)25(30)28-37-22-6-4-19(5-7-22)31(32)33;1-2/h4-7,10,13-16,18,23-24H,8-9,11-12H2,1-3H3;1-2H3. The van der Waals surface area contributed by atoms with Gasteiger partial charge in [-0.05, 0) is 62.8 Å². The molecule has 2 fully saturated rings. The zero-order valence-corrected chi connectivity index (χ0v) is 24.6.